The number of ether oxygens (including phenoxy) is 1. The first kappa shape index (κ1) is 28.8. The molecule has 3 amide bonds. The van der Waals surface area contributed by atoms with Crippen molar-refractivity contribution < 1.29 is 19.1 Å². The second kappa shape index (κ2) is 13.5. The zero-order valence-corrected chi connectivity index (χ0v) is 22.2. The number of thioether (sulfide) groups is 1. The summed E-state index contributed by atoms with van der Waals surface area (Å²) < 4.78 is 5.39. The summed E-state index contributed by atoms with van der Waals surface area (Å²) in [5.74, 6) is 0.153. The van der Waals surface area contributed by atoms with Crippen LogP contribution in [0.15, 0.2) is 24.3 Å². The molecule has 2 atom stereocenters. The van der Waals surface area contributed by atoms with E-state index >= 15 is 0 Å². The van der Waals surface area contributed by atoms with Gasteiger partial charge in [0.25, 0.3) is 0 Å². The molecule has 0 saturated heterocycles. The first-order valence-corrected chi connectivity index (χ1v) is 12.9. The molecular weight excluding hydrogens is 438 g/mol. The summed E-state index contributed by atoms with van der Waals surface area (Å²) in [6.07, 6.45) is 2.41. The van der Waals surface area contributed by atoms with Crippen LogP contribution < -0.4 is 10.6 Å². The molecule has 7 nitrogen and oxygen atoms in total. The van der Waals surface area contributed by atoms with Crippen molar-refractivity contribution in [3.05, 3.63) is 35.4 Å². The van der Waals surface area contributed by atoms with Crippen molar-refractivity contribution in [3.63, 3.8) is 0 Å². The summed E-state index contributed by atoms with van der Waals surface area (Å²) >= 11 is 1.59. The van der Waals surface area contributed by atoms with E-state index < -0.39 is 23.8 Å². The number of carbonyl (C=O) groups is 3. The standard InChI is InChI=1S/C25H41N3O4S/c1-9-14-28(21(22(29)26-17(2)3)19-12-10-11-18(4)16-19)23(30)20(13-15-33-8)27-24(31)32-25(5,6)7/h10-12,16-17,20-21H,9,13-15H2,1-8H3,(H,26,29)(H,27,31). The summed E-state index contributed by atoms with van der Waals surface area (Å²) in [4.78, 5) is 41.2. The number of hydrogen-bond acceptors (Lipinski definition) is 5. The number of alkyl carbamates (subject to hydrolysis) is 1. The number of amides is 3. The lowest BCUT2D eigenvalue weighted by molar-refractivity contribution is -0.142. The maximum atomic E-state index is 13.8. The van der Waals surface area contributed by atoms with Crippen LogP contribution in [-0.4, -0.2) is 59.0 Å². The van der Waals surface area contributed by atoms with Crippen LogP contribution >= 0.6 is 11.8 Å². The molecule has 1 aromatic rings. The average Bonchev–Trinajstić information content (AvgIpc) is 2.68. The number of benzene rings is 1. The van der Waals surface area contributed by atoms with Crippen LogP contribution in [0.3, 0.4) is 0 Å². The highest BCUT2D eigenvalue weighted by Gasteiger charge is 2.35. The lowest BCUT2D eigenvalue weighted by Crippen LogP contribution is -2.53. The fourth-order valence-electron chi connectivity index (χ4n) is 3.43. The van der Waals surface area contributed by atoms with Gasteiger partial charge in [-0.05, 0) is 72.0 Å². The quantitative estimate of drug-likeness (QED) is 0.490. The highest BCUT2D eigenvalue weighted by molar-refractivity contribution is 7.98. The van der Waals surface area contributed by atoms with E-state index in [2.05, 4.69) is 10.6 Å². The van der Waals surface area contributed by atoms with Crippen molar-refractivity contribution in [2.45, 2.75) is 85.0 Å². The second-order valence-electron chi connectivity index (χ2n) is 9.49. The molecule has 2 unspecified atom stereocenters. The van der Waals surface area contributed by atoms with Gasteiger partial charge in [0, 0.05) is 12.6 Å². The topological polar surface area (TPSA) is 87.7 Å². The minimum atomic E-state index is -0.794. The number of hydrogen-bond donors (Lipinski definition) is 2. The fraction of sp³-hybridized carbons (Fsp3) is 0.640. The van der Waals surface area contributed by atoms with Gasteiger partial charge in [-0.3, -0.25) is 9.59 Å². The number of nitrogens with zero attached hydrogens (tertiary/aromatic N) is 1. The second-order valence-corrected chi connectivity index (χ2v) is 10.5. The van der Waals surface area contributed by atoms with Gasteiger partial charge in [-0.25, -0.2) is 4.79 Å². The van der Waals surface area contributed by atoms with Gasteiger partial charge in [0.15, 0.2) is 0 Å². The third-order valence-corrected chi connectivity index (χ3v) is 5.34. The Kier molecular flexibility index (Phi) is 11.8. The highest BCUT2D eigenvalue weighted by atomic mass is 32.2. The first-order chi connectivity index (χ1) is 15.4. The summed E-state index contributed by atoms with van der Waals surface area (Å²) in [6, 6.07) is 5.98. The third-order valence-electron chi connectivity index (χ3n) is 4.70. The molecular formula is C25H41N3O4S. The smallest absolute Gasteiger partial charge is 0.408 e. The van der Waals surface area contributed by atoms with Gasteiger partial charge < -0.3 is 20.3 Å². The van der Waals surface area contributed by atoms with Crippen molar-refractivity contribution >= 4 is 29.7 Å². The SMILES string of the molecule is CCCN(C(=O)C(CCSC)NC(=O)OC(C)(C)C)C(C(=O)NC(C)C)c1cccc(C)c1. The summed E-state index contributed by atoms with van der Waals surface area (Å²) in [5, 5.41) is 5.71. The fourth-order valence-corrected chi connectivity index (χ4v) is 3.90. The van der Waals surface area contributed by atoms with E-state index in [0.717, 1.165) is 11.1 Å². The molecule has 0 aliphatic heterocycles. The molecule has 8 heteroatoms. The van der Waals surface area contributed by atoms with Crippen molar-refractivity contribution in [2.75, 3.05) is 18.6 Å². The van der Waals surface area contributed by atoms with Crippen LogP contribution in [-0.2, 0) is 14.3 Å². The number of rotatable bonds is 11. The molecule has 0 radical (unpaired) electrons. The molecule has 0 bridgehead atoms. The van der Waals surface area contributed by atoms with Crippen molar-refractivity contribution in [1.82, 2.24) is 15.5 Å². The zero-order valence-electron chi connectivity index (χ0n) is 21.4. The molecule has 1 aromatic carbocycles. The Labute approximate surface area is 203 Å². The van der Waals surface area contributed by atoms with E-state index in [9.17, 15) is 14.4 Å². The highest BCUT2D eigenvalue weighted by Crippen LogP contribution is 2.25. The lowest BCUT2D eigenvalue weighted by Gasteiger charge is -2.35. The van der Waals surface area contributed by atoms with E-state index in [1.807, 2.05) is 58.2 Å². The Morgan fingerprint density at radius 3 is 2.33 bits per heavy atom. The number of carbonyl (C=O) groups excluding carboxylic acids is 3. The normalized spacial score (nSPS) is 13.2. The lowest BCUT2D eigenvalue weighted by atomic mass is 10.00. The van der Waals surface area contributed by atoms with Crippen molar-refractivity contribution in [1.29, 1.82) is 0 Å². The van der Waals surface area contributed by atoms with Crippen LogP contribution in [0.4, 0.5) is 4.79 Å². The zero-order chi connectivity index (χ0) is 25.2. The Balaban J connectivity index is 3.37. The van der Waals surface area contributed by atoms with Crippen LogP contribution in [0.1, 0.15) is 71.6 Å². The third kappa shape index (κ3) is 10.1. The summed E-state index contributed by atoms with van der Waals surface area (Å²) in [7, 11) is 0. The predicted molar refractivity (Wildman–Crippen MR) is 135 cm³/mol. The molecule has 0 heterocycles. The van der Waals surface area contributed by atoms with E-state index in [1.54, 1.807) is 37.4 Å². The van der Waals surface area contributed by atoms with Gasteiger partial charge >= 0.3 is 6.09 Å². The van der Waals surface area contributed by atoms with Crippen LogP contribution in [0.25, 0.3) is 0 Å². The van der Waals surface area contributed by atoms with E-state index in [-0.39, 0.29) is 17.9 Å². The summed E-state index contributed by atoms with van der Waals surface area (Å²) in [6.45, 7) is 13.4. The molecule has 1 rings (SSSR count). The van der Waals surface area contributed by atoms with Gasteiger partial charge in [-0.2, -0.15) is 11.8 Å². The van der Waals surface area contributed by atoms with Crippen LogP contribution in [0, 0.1) is 6.92 Å². The van der Waals surface area contributed by atoms with E-state index in [0.29, 0.717) is 25.1 Å². The van der Waals surface area contributed by atoms with Crippen molar-refractivity contribution in [2.24, 2.45) is 0 Å². The van der Waals surface area contributed by atoms with Gasteiger partial charge in [0.2, 0.25) is 11.8 Å². The molecule has 2 N–H and O–H groups in total. The molecule has 0 aliphatic carbocycles. The van der Waals surface area contributed by atoms with E-state index in [1.165, 1.54) is 0 Å². The Bertz CT molecular complexity index is 792. The van der Waals surface area contributed by atoms with Gasteiger partial charge in [0.05, 0.1) is 0 Å². The monoisotopic (exact) mass is 479 g/mol. The van der Waals surface area contributed by atoms with Crippen LogP contribution in [0.2, 0.25) is 0 Å². The molecule has 0 aromatic heterocycles. The molecule has 0 spiro atoms. The summed E-state index contributed by atoms with van der Waals surface area (Å²) in [5.41, 5.74) is 1.07. The Morgan fingerprint density at radius 1 is 1.15 bits per heavy atom. The maximum Gasteiger partial charge on any atom is 0.408 e. The van der Waals surface area contributed by atoms with Gasteiger partial charge in [-0.15, -0.1) is 0 Å². The van der Waals surface area contributed by atoms with Crippen molar-refractivity contribution in [3.8, 4) is 0 Å². The Hall–Kier alpha value is -2.22. The number of nitrogens with one attached hydrogen (secondary N) is 2. The minimum Gasteiger partial charge on any atom is -0.444 e. The predicted octanol–water partition coefficient (Wildman–Crippen LogP) is 4.45. The van der Waals surface area contributed by atoms with E-state index in [4.69, 9.17) is 4.74 Å². The van der Waals surface area contributed by atoms with Crippen LogP contribution in [0.5, 0.6) is 0 Å². The maximum absolute atomic E-state index is 13.8. The average molecular weight is 480 g/mol. The minimum absolute atomic E-state index is 0.0736. The van der Waals surface area contributed by atoms with Gasteiger partial charge in [0.1, 0.15) is 17.7 Å². The molecule has 33 heavy (non-hydrogen) atoms. The molecule has 0 saturated carbocycles. The number of aryl methyl sites for hydroxylation is 1. The largest absolute Gasteiger partial charge is 0.444 e. The molecule has 0 aliphatic rings. The first-order valence-electron chi connectivity index (χ1n) is 11.6. The van der Waals surface area contributed by atoms with Gasteiger partial charge in [-0.1, -0.05) is 36.8 Å². The Morgan fingerprint density at radius 2 is 1.82 bits per heavy atom. The molecule has 0 fully saturated rings. The molecule has 186 valence electrons.